The minimum atomic E-state index is -2.18. The Morgan fingerprint density at radius 3 is 2.10 bits per heavy atom. The van der Waals surface area contributed by atoms with Gasteiger partial charge in [-0.25, -0.2) is 9.59 Å². The van der Waals surface area contributed by atoms with E-state index in [1.165, 1.54) is 5.57 Å². The van der Waals surface area contributed by atoms with Crippen molar-refractivity contribution >= 4 is 36.8 Å². The Balaban J connectivity index is 2.02. The van der Waals surface area contributed by atoms with Crippen LogP contribution in [-0.4, -0.2) is 90.4 Å². The van der Waals surface area contributed by atoms with Crippen LogP contribution in [0.15, 0.2) is 42.1 Å². The second-order valence-electron chi connectivity index (χ2n) is 23.0. The van der Waals surface area contributed by atoms with E-state index in [2.05, 4.69) is 145 Å². The molecule has 2 heterocycles. The molecule has 1 aromatic heterocycles. The molecular weight excluding hydrogens is 803 g/mol. The van der Waals surface area contributed by atoms with Gasteiger partial charge >= 0.3 is 11.9 Å². The monoisotopic (exact) mass is 890 g/mol. The third kappa shape index (κ3) is 12.5. The summed E-state index contributed by atoms with van der Waals surface area (Å²) in [6.07, 6.45) is 9.11. The molecule has 0 saturated heterocycles. The van der Waals surface area contributed by atoms with Gasteiger partial charge in [-0.3, -0.25) is 0 Å². The Morgan fingerprint density at radius 2 is 1.57 bits per heavy atom. The fraction of sp³-hybridized carbons (Fsp3) is 0.792. The first-order valence-electron chi connectivity index (χ1n) is 22.7. The van der Waals surface area contributed by atoms with E-state index < -0.39 is 43.2 Å². The Hall–Kier alpha value is -1.81. The van der Waals surface area contributed by atoms with Gasteiger partial charge in [0.25, 0.3) is 0 Å². The minimum Gasteiger partial charge on any atom is -0.457 e. The molecule has 344 valence electrons. The standard InChI is InChI=1S/C48H87NO8Si3/c1-32-28-33(2)42(35(4)56-59(17,18)47(8,9)10)54-45(52)41(53-14)30-36(29-32)23-24-37(25-27-50)38-31-40(57-60(19,20)48(11,12)13)34(3)43(38)55-44(51)39-22-21-26-49(39)58(15,16)46(5,6)7/h21-24,26,28,33-38,40-43,50H,25,27,29-31H2,1-20H3/b24-23-,32-28+/t33-,34-,35-,36+,37-,38-,40+,41+,42+,43?/m1/s1. The van der Waals surface area contributed by atoms with Crippen LogP contribution in [-0.2, 0) is 27.9 Å². The quantitative estimate of drug-likeness (QED) is 0.112. The summed E-state index contributed by atoms with van der Waals surface area (Å²) in [4.78, 5) is 28.2. The highest BCUT2D eigenvalue weighted by atomic mass is 28.4. The summed E-state index contributed by atoms with van der Waals surface area (Å²) < 4.78 is 34.9. The topological polar surface area (TPSA) is 105 Å². The van der Waals surface area contributed by atoms with E-state index >= 15 is 0 Å². The first kappa shape index (κ1) is 52.5. The molecule has 1 saturated carbocycles. The maximum atomic E-state index is 14.4. The fourth-order valence-corrected chi connectivity index (χ4v) is 13.2. The van der Waals surface area contributed by atoms with Crippen LogP contribution in [0.4, 0.5) is 0 Å². The van der Waals surface area contributed by atoms with Gasteiger partial charge in [0.1, 0.15) is 17.9 Å². The summed E-state index contributed by atoms with van der Waals surface area (Å²) >= 11 is 0. The van der Waals surface area contributed by atoms with Crippen LogP contribution in [0.1, 0.15) is 126 Å². The van der Waals surface area contributed by atoms with Crippen molar-refractivity contribution in [3.8, 4) is 0 Å². The molecule has 9 nitrogen and oxygen atoms in total. The summed E-state index contributed by atoms with van der Waals surface area (Å²) in [5, 5.41) is 10.6. The van der Waals surface area contributed by atoms with Gasteiger partial charge in [0, 0.05) is 31.5 Å². The van der Waals surface area contributed by atoms with Gasteiger partial charge in [-0.05, 0) is 111 Å². The first-order chi connectivity index (χ1) is 27.3. The lowest BCUT2D eigenvalue weighted by Gasteiger charge is -2.41. The van der Waals surface area contributed by atoms with Gasteiger partial charge < -0.3 is 32.4 Å². The van der Waals surface area contributed by atoms with Crippen molar-refractivity contribution in [1.82, 2.24) is 4.23 Å². The number of hydrogen-bond acceptors (Lipinski definition) is 8. The number of methoxy groups -OCH3 is 1. The van der Waals surface area contributed by atoms with Crippen molar-refractivity contribution in [2.24, 2.45) is 29.6 Å². The third-order valence-electron chi connectivity index (χ3n) is 15.3. The highest BCUT2D eigenvalue weighted by Crippen LogP contribution is 2.47. The average Bonchev–Trinajstić information content (AvgIpc) is 3.71. The minimum absolute atomic E-state index is 0.00676. The smallest absolute Gasteiger partial charge is 0.354 e. The maximum Gasteiger partial charge on any atom is 0.354 e. The van der Waals surface area contributed by atoms with E-state index in [0.717, 1.165) is 6.42 Å². The van der Waals surface area contributed by atoms with E-state index in [1.807, 2.05) is 25.3 Å². The van der Waals surface area contributed by atoms with Gasteiger partial charge in [0.15, 0.2) is 31.0 Å². The lowest BCUT2D eigenvalue weighted by atomic mass is 9.83. The molecule has 2 aliphatic rings. The highest BCUT2D eigenvalue weighted by molar-refractivity contribution is 6.79. The average molecular weight is 890 g/mol. The highest BCUT2D eigenvalue weighted by Gasteiger charge is 2.51. The normalized spacial score (nSPS) is 28.9. The molecular formula is C48H87NO8Si3. The number of rotatable bonds is 14. The van der Waals surface area contributed by atoms with Crippen molar-refractivity contribution in [1.29, 1.82) is 0 Å². The molecule has 1 unspecified atom stereocenters. The number of allylic oxidation sites excluding steroid dienone is 3. The van der Waals surface area contributed by atoms with Crippen LogP contribution in [0, 0.1) is 29.6 Å². The van der Waals surface area contributed by atoms with Crippen LogP contribution >= 0.6 is 0 Å². The second kappa shape index (κ2) is 19.9. The number of aliphatic hydroxyl groups excluding tert-OH is 1. The molecule has 1 aliphatic heterocycles. The third-order valence-corrected chi connectivity index (χ3v) is 29.6. The number of carbonyl (C=O) groups excluding carboxylic acids is 2. The SMILES string of the molecule is CO[C@H]1C[C@@H](/C=C\[C@H](CCO)[C@H]2C[C@H](O[Si](C)(C)C(C)(C)C)[C@@H](C)C2OC(=O)c2cccn2[Si](C)(C)C(C)(C)C)C/C(C)=C/[C@@H](C)[C@@H]([C@@H](C)O[Si](C)(C)C(C)(C)C)OC1=O. The molecule has 0 aromatic carbocycles. The predicted molar refractivity (Wildman–Crippen MR) is 254 cm³/mol. The summed E-state index contributed by atoms with van der Waals surface area (Å²) in [5.74, 6) is -1.01. The number of nitrogens with zero attached hydrogens (tertiary/aromatic N) is 1. The lowest BCUT2D eigenvalue weighted by Crippen LogP contribution is -2.49. The molecule has 0 spiro atoms. The van der Waals surface area contributed by atoms with Gasteiger partial charge in [-0.15, -0.1) is 0 Å². The summed E-state index contributed by atoms with van der Waals surface area (Å²) in [6, 6.07) is 3.85. The molecule has 1 N–H and O–H groups in total. The number of aliphatic hydroxyl groups is 1. The van der Waals surface area contributed by atoms with Crippen LogP contribution < -0.4 is 0 Å². The molecule has 1 fully saturated rings. The Morgan fingerprint density at radius 1 is 0.967 bits per heavy atom. The van der Waals surface area contributed by atoms with Crippen LogP contribution in [0.25, 0.3) is 0 Å². The van der Waals surface area contributed by atoms with Gasteiger partial charge in [-0.2, -0.15) is 0 Å². The Bertz CT molecular complexity index is 1640. The molecule has 3 rings (SSSR count). The molecule has 12 heteroatoms. The van der Waals surface area contributed by atoms with Crippen LogP contribution in [0.3, 0.4) is 0 Å². The number of ether oxygens (including phenoxy) is 3. The molecule has 60 heavy (non-hydrogen) atoms. The summed E-state index contributed by atoms with van der Waals surface area (Å²) in [6.45, 7) is 42.2. The molecule has 1 aromatic rings. The van der Waals surface area contributed by atoms with Gasteiger partial charge in [-0.1, -0.05) is 113 Å². The van der Waals surface area contributed by atoms with Gasteiger partial charge in [0.2, 0.25) is 0 Å². The molecule has 1 aliphatic carbocycles. The number of carbonyl (C=O) groups is 2. The second-order valence-corrected chi connectivity index (χ2v) is 37.6. The van der Waals surface area contributed by atoms with E-state index in [0.29, 0.717) is 25.0 Å². The Labute approximate surface area is 369 Å². The van der Waals surface area contributed by atoms with E-state index in [1.54, 1.807) is 7.11 Å². The summed E-state index contributed by atoms with van der Waals surface area (Å²) in [7, 11) is -4.85. The lowest BCUT2D eigenvalue weighted by molar-refractivity contribution is -0.169. The van der Waals surface area contributed by atoms with Gasteiger partial charge in [0.05, 0.1) is 12.2 Å². The maximum absolute atomic E-state index is 14.4. The van der Waals surface area contributed by atoms with Crippen molar-refractivity contribution in [2.45, 2.75) is 201 Å². The van der Waals surface area contributed by atoms with E-state index in [4.69, 9.17) is 23.1 Å². The van der Waals surface area contributed by atoms with Crippen molar-refractivity contribution in [3.05, 3.63) is 47.8 Å². The molecule has 0 bridgehead atoms. The Kier molecular flexibility index (Phi) is 17.4. The van der Waals surface area contributed by atoms with E-state index in [9.17, 15) is 14.7 Å². The number of esters is 2. The van der Waals surface area contributed by atoms with E-state index in [-0.39, 0.29) is 75.5 Å². The largest absolute Gasteiger partial charge is 0.457 e. The zero-order chi connectivity index (χ0) is 46.0. The van der Waals surface area contributed by atoms with Crippen LogP contribution in [0.5, 0.6) is 0 Å². The molecule has 10 atom stereocenters. The first-order valence-corrected chi connectivity index (χ1v) is 31.5. The van der Waals surface area contributed by atoms with Crippen molar-refractivity contribution in [2.75, 3.05) is 13.7 Å². The molecule has 0 radical (unpaired) electrons. The fourth-order valence-electron chi connectivity index (χ4n) is 8.39. The number of hydrogen-bond donors (Lipinski definition) is 1. The van der Waals surface area contributed by atoms with Crippen molar-refractivity contribution in [3.63, 3.8) is 0 Å². The predicted octanol–water partition coefficient (Wildman–Crippen LogP) is 11.8. The zero-order valence-corrected chi connectivity index (χ0v) is 44.5. The number of aromatic nitrogens is 1. The van der Waals surface area contributed by atoms with Crippen molar-refractivity contribution < 1.29 is 37.8 Å². The number of cyclic esters (lactones) is 1. The zero-order valence-electron chi connectivity index (χ0n) is 41.5. The molecule has 0 amide bonds. The van der Waals surface area contributed by atoms with Crippen LogP contribution in [0.2, 0.25) is 54.4 Å². The summed E-state index contributed by atoms with van der Waals surface area (Å²) in [5.41, 5.74) is 1.80.